The molecular formula is C19H29N5. The summed E-state index contributed by atoms with van der Waals surface area (Å²) < 4.78 is 0. The van der Waals surface area contributed by atoms with Gasteiger partial charge in [-0.2, -0.15) is 4.98 Å². The SMILES string of the molecule is Cc1cnc(Nc2ccccc2)nc1NCCN(C(C)C)C(C)C. The van der Waals surface area contributed by atoms with Gasteiger partial charge in [-0.05, 0) is 46.8 Å². The van der Waals surface area contributed by atoms with Crippen molar-refractivity contribution in [2.24, 2.45) is 0 Å². The molecule has 0 aliphatic carbocycles. The van der Waals surface area contributed by atoms with Crippen molar-refractivity contribution in [3.05, 3.63) is 42.1 Å². The molecule has 0 unspecified atom stereocenters. The Bertz CT molecular complexity index is 617. The highest BCUT2D eigenvalue weighted by molar-refractivity contribution is 5.55. The van der Waals surface area contributed by atoms with E-state index in [9.17, 15) is 0 Å². The van der Waals surface area contributed by atoms with Crippen LogP contribution in [0.5, 0.6) is 0 Å². The van der Waals surface area contributed by atoms with Gasteiger partial charge in [-0.3, -0.25) is 4.90 Å². The number of para-hydroxylation sites is 1. The summed E-state index contributed by atoms with van der Waals surface area (Å²) in [5.41, 5.74) is 2.03. The van der Waals surface area contributed by atoms with Crippen molar-refractivity contribution >= 4 is 17.5 Å². The molecule has 5 heteroatoms. The summed E-state index contributed by atoms with van der Waals surface area (Å²) in [5, 5.41) is 6.68. The summed E-state index contributed by atoms with van der Waals surface area (Å²) in [5.74, 6) is 1.50. The average molecular weight is 327 g/mol. The van der Waals surface area contributed by atoms with Crippen molar-refractivity contribution in [1.82, 2.24) is 14.9 Å². The number of aryl methyl sites for hydroxylation is 1. The van der Waals surface area contributed by atoms with Gasteiger partial charge in [0.25, 0.3) is 0 Å². The Morgan fingerprint density at radius 3 is 2.33 bits per heavy atom. The molecule has 2 N–H and O–H groups in total. The zero-order chi connectivity index (χ0) is 17.5. The Morgan fingerprint density at radius 1 is 1.04 bits per heavy atom. The molecule has 0 aliphatic rings. The summed E-state index contributed by atoms with van der Waals surface area (Å²) in [7, 11) is 0. The molecule has 0 saturated carbocycles. The van der Waals surface area contributed by atoms with Gasteiger partial charge in [0.15, 0.2) is 0 Å². The van der Waals surface area contributed by atoms with Gasteiger partial charge in [-0.1, -0.05) is 18.2 Å². The predicted molar refractivity (Wildman–Crippen MR) is 102 cm³/mol. The molecule has 0 spiro atoms. The van der Waals surface area contributed by atoms with E-state index in [0.717, 1.165) is 30.2 Å². The molecule has 130 valence electrons. The molecule has 2 aromatic rings. The van der Waals surface area contributed by atoms with Gasteiger partial charge >= 0.3 is 0 Å². The second-order valence-electron chi connectivity index (χ2n) is 6.57. The maximum Gasteiger partial charge on any atom is 0.229 e. The Kier molecular flexibility index (Phi) is 6.55. The molecular weight excluding hydrogens is 298 g/mol. The van der Waals surface area contributed by atoms with Crippen LogP contribution in [0.1, 0.15) is 33.3 Å². The number of hydrogen-bond acceptors (Lipinski definition) is 5. The van der Waals surface area contributed by atoms with Crippen molar-refractivity contribution in [1.29, 1.82) is 0 Å². The quantitative estimate of drug-likeness (QED) is 0.766. The fourth-order valence-electron chi connectivity index (χ4n) is 2.75. The predicted octanol–water partition coefficient (Wildman–Crippen LogP) is 4.06. The third kappa shape index (κ3) is 5.20. The van der Waals surface area contributed by atoms with Crippen molar-refractivity contribution < 1.29 is 0 Å². The van der Waals surface area contributed by atoms with Crippen LogP contribution in [-0.2, 0) is 0 Å². The normalized spacial score (nSPS) is 11.3. The minimum Gasteiger partial charge on any atom is -0.368 e. The van der Waals surface area contributed by atoms with Crippen LogP contribution in [0.3, 0.4) is 0 Å². The number of aromatic nitrogens is 2. The Labute approximate surface area is 145 Å². The number of nitrogens with one attached hydrogen (secondary N) is 2. The summed E-state index contributed by atoms with van der Waals surface area (Å²) in [6.45, 7) is 12.8. The van der Waals surface area contributed by atoms with E-state index in [-0.39, 0.29) is 0 Å². The number of benzene rings is 1. The highest BCUT2D eigenvalue weighted by atomic mass is 15.2. The van der Waals surface area contributed by atoms with Crippen molar-refractivity contribution in [2.45, 2.75) is 46.7 Å². The zero-order valence-electron chi connectivity index (χ0n) is 15.4. The lowest BCUT2D eigenvalue weighted by Crippen LogP contribution is -2.40. The van der Waals surface area contributed by atoms with Gasteiger partial charge in [0.1, 0.15) is 5.82 Å². The Hall–Kier alpha value is -2.14. The van der Waals surface area contributed by atoms with Crippen LogP contribution in [0.2, 0.25) is 0 Å². The molecule has 0 fully saturated rings. The van der Waals surface area contributed by atoms with Crippen LogP contribution >= 0.6 is 0 Å². The van der Waals surface area contributed by atoms with Crippen LogP contribution in [-0.4, -0.2) is 40.0 Å². The summed E-state index contributed by atoms with van der Waals surface area (Å²) in [6.07, 6.45) is 1.85. The summed E-state index contributed by atoms with van der Waals surface area (Å²) in [6, 6.07) is 11.0. The first-order valence-electron chi connectivity index (χ1n) is 8.62. The van der Waals surface area contributed by atoms with E-state index in [1.807, 2.05) is 43.5 Å². The first-order chi connectivity index (χ1) is 11.5. The van der Waals surface area contributed by atoms with Gasteiger partial charge in [0, 0.05) is 42.6 Å². The first-order valence-corrected chi connectivity index (χ1v) is 8.62. The number of rotatable bonds is 8. The van der Waals surface area contributed by atoms with Crippen LogP contribution in [0.15, 0.2) is 36.5 Å². The fourth-order valence-corrected chi connectivity index (χ4v) is 2.75. The minimum absolute atomic E-state index is 0.536. The molecule has 0 bridgehead atoms. The maximum absolute atomic E-state index is 4.60. The molecule has 24 heavy (non-hydrogen) atoms. The van der Waals surface area contributed by atoms with E-state index in [0.29, 0.717) is 18.0 Å². The van der Waals surface area contributed by atoms with E-state index >= 15 is 0 Å². The van der Waals surface area contributed by atoms with Gasteiger partial charge < -0.3 is 10.6 Å². The molecule has 1 aromatic carbocycles. The lowest BCUT2D eigenvalue weighted by molar-refractivity contribution is 0.182. The smallest absolute Gasteiger partial charge is 0.229 e. The third-order valence-electron chi connectivity index (χ3n) is 3.99. The molecule has 1 aromatic heterocycles. The molecule has 1 heterocycles. The molecule has 0 atom stereocenters. The molecule has 2 rings (SSSR count). The average Bonchev–Trinajstić information content (AvgIpc) is 2.54. The van der Waals surface area contributed by atoms with E-state index in [1.165, 1.54) is 0 Å². The summed E-state index contributed by atoms with van der Waals surface area (Å²) in [4.78, 5) is 11.4. The number of nitrogens with zero attached hydrogens (tertiary/aromatic N) is 3. The van der Waals surface area contributed by atoms with E-state index in [2.05, 4.69) is 53.2 Å². The highest BCUT2D eigenvalue weighted by Gasteiger charge is 2.13. The first kappa shape index (κ1) is 18.2. The molecule has 0 amide bonds. The topological polar surface area (TPSA) is 53.1 Å². The van der Waals surface area contributed by atoms with Crippen molar-refractivity contribution in [2.75, 3.05) is 23.7 Å². The second kappa shape index (κ2) is 8.64. The van der Waals surface area contributed by atoms with Gasteiger partial charge in [0.2, 0.25) is 5.95 Å². The van der Waals surface area contributed by atoms with Crippen LogP contribution in [0, 0.1) is 6.92 Å². The lowest BCUT2D eigenvalue weighted by atomic mass is 10.2. The Morgan fingerprint density at radius 2 is 1.71 bits per heavy atom. The molecule has 0 aliphatic heterocycles. The lowest BCUT2D eigenvalue weighted by Gasteiger charge is -2.30. The standard InChI is InChI=1S/C19H29N5/c1-14(2)24(15(3)4)12-11-20-18-16(5)13-21-19(23-18)22-17-9-7-6-8-10-17/h6-10,13-15H,11-12H2,1-5H3,(H2,20,21,22,23). The molecule has 0 saturated heterocycles. The summed E-state index contributed by atoms with van der Waals surface area (Å²) >= 11 is 0. The van der Waals surface area contributed by atoms with Crippen molar-refractivity contribution in [3.8, 4) is 0 Å². The van der Waals surface area contributed by atoms with E-state index in [1.54, 1.807) is 0 Å². The maximum atomic E-state index is 4.60. The van der Waals surface area contributed by atoms with E-state index < -0.39 is 0 Å². The van der Waals surface area contributed by atoms with Crippen LogP contribution in [0.25, 0.3) is 0 Å². The monoisotopic (exact) mass is 327 g/mol. The minimum atomic E-state index is 0.536. The van der Waals surface area contributed by atoms with Crippen molar-refractivity contribution in [3.63, 3.8) is 0 Å². The van der Waals surface area contributed by atoms with Crippen LogP contribution < -0.4 is 10.6 Å². The van der Waals surface area contributed by atoms with Gasteiger partial charge in [0.05, 0.1) is 0 Å². The third-order valence-corrected chi connectivity index (χ3v) is 3.99. The second-order valence-corrected chi connectivity index (χ2v) is 6.57. The number of anilines is 3. The van der Waals surface area contributed by atoms with Gasteiger partial charge in [-0.15, -0.1) is 0 Å². The van der Waals surface area contributed by atoms with Gasteiger partial charge in [-0.25, -0.2) is 4.98 Å². The number of hydrogen-bond donors (Lipinski definition) is 2. The fraction of sp³-hybridized carbons (Fsp3) is 0.474. The zero-order valence-corrected chi connectivity index (χ0v) is 15.4. The largest absolute Gasteiger partial charge is 0.368 e. The van der Waals surface area contributed by atoms with E-state index in [4.69, 9.17) is 0 Å². The highest BCUT2D eigenvalue weighted by Crippen LogP contribution is 2.16. The van der Waals surface area contributed by atoms with Crippen LogP contribution in [0.4, 0.5) is 17.5 Å². The molecule has 0 radical (unpaired) electrons. The molecule has 5 nitrogen and oxygen atoms in total. The Balaban J connectivity index is 1.98.